The average Bonchev–Trinajstić information content (AvgIpc) is 2.28. The van der Waals surface area contributed by atoms with E-state index in [2.05, 4.69) is 5.32 Å². The maximum atomic E-state index is 11.8. The predicted molar refractivity (Wildman–Crippen MR) is 66.7 cm³/mol. The van der Waals surface area contributed by atoms with Crippen LogP contribution in [0.3, 0.4) is 0 Å². The third kappa shape index (κ3) is 5.59. The van der Waals surface area contributed by atoms with E-state index in [0.717, 1.165) is 19.3 Å². The summed E-state index contributed by atoms with van der Waals surface area (Å²) in [6, 6.07) is -1.09. The molecule has 0 saturated carbocycles. The summed E-state index contributed by atoms with van der Waals surface area (Å²) in [5, 5.41) is 11.2. The summed E-state index contributed by atoms with van der Waals surface area (Å²) in [5.74, 6) is -1.34. The van der Waals surface area contributed by atoms with Gasteiger partial charge in [-0.2, -0.15) is 0 Å². The van der Waals surface area contributed by atoms with Gasteiger partial charge in [-0.1, -0.05) is 0 Å². The topological polar surface area (TPSA) is 92.7 Å². The van der Waals surface area contributed by atoms with Crippen LogP contribution in [0.15, 0.2) is 0 Å². The van der Waals surface area contributed by atoms with Crippen molar-refractivity contribution in [1.29, 1.82) is 0 Å². The van der Waals surface area contributed by atoms with E-state index in [1.54, 1.807) is 0 Å². The quantitative estimate of drug-likeness (QED) is 0.707. The fourth-order valence-electron chi connectivity index (χ4n) is 1.82. The van der Waals surface area contributed by atoms with Gasteiger partial charge in [-0.05, 0) is 19.3 Å². The van der Waals surface area contributed by atoms with Crippen LogP contribution < -0.4 is 5.32 Å². The fourth-order valence-corrected chi connectivity index (χ4v) is 3.23. The van der Waals surface area contributed by atoms with Crippen molar-refractivity contribution in [2.24, 2.45) is 0 Å². The van der Waals surface area contributed by atoms with Gasteiger partial charge in [-0.25, -0.2) is 4.79 Å². The van der Waals surface area contributed by atoms with Gasteiger partial charge in [0.2, 0.25) is 5.91 Å². The average molecular weight is 277 g/mol. The van der Waals surface area contributed by atoms with Crippen molar-refractivity contribution in [3.05, 3.63) is 0 Å². The molecule has 18 heavy (non-hydrogen) atoms. The Morgan fingerprint density at radius 3 is 2.72 bits per heavy atom. The standard InChI is InChI=1S/C11H19NO5S/c1-8(13)12-10(11(14)15)7-18(16)6-9-4-2-3-5-17-9/h9-10H,2-7H2,1H3,(H,12,13)(H,14,15). The van der Waals surface area contributed by atoms with Gasteiger partial charge in [0.1, 0.15) is 6.04 Å². The Morgan fingerprint density at radius 2 is 2.22 bits per heavy atom. The second-order valence-electron chi connectivity index (χ2n) is 4.35. The Hall–Kier alpha value is -0.950. The number of hydrogen-bond donors (Lipinski definition) is 2. The van der Waals surface area contributed by atoms with E-state index < -0.39 is 28.7 Å². The molecular formula is C11H19NO5S. The molecule has 1 rings (SSSR count). The largest absolute Gasteiger partial charge is 0.480 e. The highest BCUT2D eigenvalue weighted by molar-refractivity contribution is 7.85. The zero-order valence-electron chi connectivity index (χ0n) is 10.4. The van der Waals surface area contributed by atoms with Gasteiger partial charge in [0, 0.05) is 30.1 Å². The fraction of sp³-hybridized carbons (Fsp3) is 0.818. The normalized spacial score (nSPS) is 23.1. The Bertz CT molecular complexity index is 327. The number of aliphatic carboxylic acids is 1. The number of carbonyl (C=O) groups excluding carboxylic acids is 1. The molecule has 1 aliphatic rings. The summed E-state index contributed by atoms with van der Waals surface area (Å²) in [7, 11) is -1.31. The number of ether oxygens (including phenoxy) is 1. The van der Waals surface area contributed by atoms with Crippen molar-refractivity contribution in [2.45, 2.75) is 38.3 Å². The van der Waals surface area contributed by atoms with Crippen LogP contribution in [0.4, 0.5) is 0 Å². The second kappa shape index (κ2) is 7.48. The van der Waals surface area contributed by atoms with E-state index in [4.69, 9.17) is 9.84 Å². The van der Waals surface area contributed by atoms with E-state index in [1.165, 1.54) is 6.92 Å². The lowest BCUT2D eigenvalue weighted by atomic mass is 10.1. The molecule has 0 bridgehead atoms. The first-order valence-corrected chi connectivity index (χ1v) is 7.44. The Morgan fingerprint density at radius 1 is 1.50 bits per heavy atom. The monoisotopic (exact) mass is 277 g/mol. The molecule has 2 N–H and O–H groups in total. The van der Waals surface area contributed by atoms with Crippen LogP contribution in [0, 0.1) is 0 Å². The predicted octanol–water partition coefficient (Wildman–Crippen LogP) is -0.106. The molecule has 0 aromatic carbocycles. The first-order valence-electron chi connectivity index (χ1n) is 5.95. The van der Waals surface area contributed by atoms with E-state index in [0.29, 0.717) is 12.4 Å². The van der Waals surface area contributed by atoms with E-state index in [1.807, 2.05) is 0 Å². The maximum absolute atomic E-state index is 11.8. The number of nitrogens with one attached hydrogen (secondary N) is 1. The summed E-state index contributed by atoms with van der Waals surface area (Å²) < 4.78 is 17.3. The van der Waals surface area contributed by atoms with Crippen molar-refractivity contribution >= 4 is 22.7 Å². The highest BCUT2D eigenvalue weighted by atomic mass is 32.2. The van der Waals surface area contributed by atoms with Gasteiger partial charge in [0.05, 0.1) is 11.9 Å². The van der Waals surface area contributed by atoms with Crippen LogP contribution in [0.2, 0.25) is 0 Å². The molecule has 3 atom stereocenters. The number of amides is 1. The van der Waals surface area contributed by atoms with Gasteiger partial charge < -0.3 is 15.2 Å². The molecule has 1 aliphatic heterocycles. The first-order chi connectivity index (χ1) is 8.49. The summed E-state index contributed by atoms with van der Waals surface area (Å²) in [6.45, 7) is 1.92. The molecule has 1 fully saturated rings. The Kier molecular flexibility index (Phi) is 6.28. The molecule has 1 saturated heterocycles. The van der Waals surface area contributed by atoms with Gasteiger partial charge in [0.25, 0.3) is 0 Å². The molecule has 1 amide bonds. The minimum Gasteiger partial charge on any atom is -0.480 e. The molecule has 1 heterocycles. The molecule has 7 heteroatoms. The van der Waals surface area contributed by atoms with E-state index in [-0.39, 0.29) is 11.9 Å². The lowest BCUT2D eigenvalue weighted by Crippen LogP contribution is -2.44. The van der Waals surface area contributed by atoms with E-state index in [9.17, 15) is 13.8 Å². The van der Waals surface area contributed by atoms with Crippen molar-refractivity contribution in [3.8, 4) is 0 Å². The third-order valence-corrected chi connectivity index (χ3v) is 4.12. The van der Waals surface area contributed by atoms with Crippen LogP contribution >= 0.6 is 0 Å². The van der Waals surface area contributed by atoms with Crippen molar-refractivity contribution < 1.29 is 23.6 Å². The molecule has 0 aliphatic carbocycles. The Balaban J connectivity index is 2.40. The number of carbonyl (C=O) groups is 2. The number of carboxylic acids is 1. The van der Waals surface area contributed by atoms with Crippen LogP contribution in [0.25, 0.3) is 0 Å². The Labute approximate surface area is 109 Å². The van der Waals surface area contributed by atoms with Crippen LogP contribution in [-0.4, -0.2) is 51.5 Å². The van der Waals surface area contributed by atoms with Gasteiger partial charge in [-0.3, -0.25) is 9.00 Å². The van der Waals surface area contributed by atoms with Gasteiger partial charge in [-0.15, -0.1) is 0 Å². The van der Waals surface area contributed by atoms with Crippen LogP contribution in [0.1, 0.15) is 26.2 Å². The number of rotatable bonds is 6. The molecule has 3 unspecified atom stereocenters. The van der Waals surface area contributed by atoms with Crippen molar-refractivity contribution in [2.75, 3.05) is 18.1 Å². The highest BCUT2D eigenvalue weighted by Gasteiger charge is 2.24. The molecular weight excluding hydrogens is 258 g/mol. The van der Waals surface area contributed by atoms with Crippen LogP contribution in [0.5, 0.6) is 0 Å². The highest BCUT2D eigenvalue weighted by Crippen LogP contribution is 2.13. The smallest absolute Gasteiger partial charge is 0.327 e. The number of hydrogen-bond acceptors (Lipinski definition) is 4. The van der Waals surface area contributed by atoms with Gasteiger partial charge >= 0.3 is 5.97 Å². The molecule has 104 valence electrons. The molecule has 0 spiro atoms. The summed E-state index contributed by atoms with van der Waals surface area (Å²) in [6.07, 6.45) is 2.89. The molecule has 6 nitrogen and oxygen atoms in total. The lowest BCUT2D eigenvalue weighted by Gasteiger charge is -2.22. The SMILES string of the molecule is CC(=O)NC(CS(=O)CC1CCCCO1)C(=O)O. The lowest BCUT2D eigenvalue weighted by molar-refractivity contribution is -0.140. The van der Waals surface area contributed by atoms with Crippen molar-refractivity contribution in [1.82, 2.24) is 5.32 Å². The summed E-state index contributed by atoms with van der Waals surface area (Å²) in [5.41, 5.74) is 0. The zero-order chi connectivity index (χ0) is 13.5. The third-order valence-electron chi connectivity index (χ3n) is 2.67. The minimum atomic E-state index is -1.31. The van der Waals surface area contributed by atoms with Crippen LogP contribution in [-0.2, 0) is 25.1 Å². The first kappa shape index (κ1) is 15.1. The summed E-state index contributed by atoms with van der Waals surface area (Å²) in [4.78, 5) is 21.7. The number of carboxylic acid groups (broad SMARTS) is 1. The minimum absolute atomic E-state index is 0.0497. The molecule has 0 aromatic rings. The van der Waals surface area contributed by atoms with Crippen molar-refractivity contribution in [3.63, 3.8) is 0 Å². The summed E-state index contributed by atoms with van der Waals surface area (Å²) >= 11 is 0. The second-order valence-corrected chi connectivity index (χ2v) is 5.90. The van der Waals surface area contributed by atoms with Gasteiger partial charge in [0.15, 0.2) is 0 Å². The maximum Gasteiger partial charge on any atom is 0.327 e. The zero-order valence-corrected chi connectivity index (χ0v) is 11.2. The molecule has 0 radical (unpaired) electrons. The molecule has 0 aromatic heterocycles. The van der Waals surface area contributed by atoms with E-state index >= 15 is 0 Å².